The summed E-state index contributed by atoms with van der Waals surface area (Å²) in [5, 5.41) is 33.5. The number of aromatic carboxylic acids is 1. The van der Waals surface area contributed by atoms with Crippen molar-refractivity contribution in [3.63, 3.8) is 0 Å². The fourth-order valence-corrected chi connectivity index (χ4v) is 4.52. The van der Waals surface area contributed by atoms with Gasteiger partial charge >= 0.3 is 30.9 Å². The molecule has 0 aliphatic carbocycles. The Balaban J connectivity index is 1.63. The standard InChI is InChI=1S/C24H23BF3N5O9/c26-13-9-12(15(27)16(28)18(13)34)17(31-24(40)33-7-6-32(5-4-29)21(36)22(33)37)20(35)30-14-8-10-2-1-3-11(23(38)39)19(10)42-25(14)41/h1-3,9,14,17,34,41H,4-8,29H2,(H,30,35)(H,31,40)(H,38,39)/t14-,17+/m0/s1. The highest BCUT2D eigenvalue weighted by Gasteiger charge is 2.42. The number of carbonyl (C=O) groups is 5. The van der Waals surface area contributed by atoms with Crippen LogP contribution in [-0.4, -0.2) is 94.0 Å². The Kier molecular flexibility index (Phi) is 8.58. The molecule has 2 aliphatic rings. The summed E-state index contributed by atoms with van der Waals surface area (Å²) in [5.41, 5.74) is 4.27. The predicted octanol–water partition coefficient (Wildman–Crippen LogP) is -0.972. The first-order valence-electron chi connectivity index (χ1n) is 12.3. The van der Waals surface area contributed by atoms with Gasteiger partial charge in [-0.25, -0.2) is 18.4 Å². The minimum absolute atomic E-state index is 0.0191. The highest BCUT2D eigenvalue weighted by molar-refractivity contribution is 6.47. The number of carboxylic acid groups (broad SMARTS) is 1. The Bertz CT molecular complexity index is 1480. The van der Waals surface area contributed by atoms with E-state index in [1.165, 1.54) is 18.2 Å². The monoisotopic (exact) mass is 593 g/mol. The summed E-state index contributed by atoms with van der Waals surface area (Å²) in [7, 11) is -1.86. The van der Waals surface area contributed by atoms with E-state index in [-0.39, 0.29) is 55.5 Å². The number of rotatable bonds is 7. The van der Waals surface area contributed by atoms with Gasteiger partial charge in [-0.05, 0) is 24.1 Å². The van der Waals surface area contributed by atoms with Crippen molar-refractivity contribution in [2.24, 2.45) is 5.73 Å². The second kappa shape index (κ2) is 12.0. The number of halogens is 3. The van der Waals surface area contributed by atoms with Crippen LogP contribution in [0.5, 0.6) is 11.5 Å². The predicted molar refractivity (Wildman–Crippen MR) is 134 cm³/mol. The molecule has 2 aliphatic heterocycles. The maximum Gasteiger partial charge on any atom is 0.547 e. The van der Waals surface area contributed by atoms with E-state index in [1.54, 1.807) is 0 Å². The van der Waals surface area contributed by atoms with Gasteiger partial charge in [0.1, 0.15) is 11.8 Å². The Morgan fingerprint density at radius 3 is 2.52 bits per heavy atom. The number of imide groups is 1. The van der Waals surface area contributed by atoms with Crippen molar-refractivity contribution >= 4 is 36.8 Å². The van der Waals surface area contributed by atoms with Gasteiger partial charge in [0.15, 0.2) is 17.4 Å². The average Bonchev–Trinajstić information content (AvgIpc) is 2.95. The molecule has 0 bridgehead atoms. The lowest BCUT2D eigenvalue weighted by molar-refractivity contribution is -0.153. The number of nitrogens with one attached hydrogen (secondary N) is 2. The van der Waals surface area contributed by atoms with E-state index in [1.807, 2.05) is 5.32 Å². The van der Waals surface area contributed by atoms with Crippen LogP contribution in [0, 0.1) is 17.5 Å². The zero-order chi connectivity index (χ0) is 30.9. The van der Waals surface area contributed by atoms with Gasteiger partial charge in [0.25, 0.3) is 0 Å². The summed E-state index contributed by atoms with van der Waals surface area (Å²) in [6.07, 6.45) is -0.221. The number of benzene rings is 2. The van der Waals surface area contributed by atoms with Crippen molar-refractivity contribution in [1.29, 1.82) is 0 Å². The number of piperazine rings is 1. The summed E-state index contributed by atoms with van der Waals surface area (Å²) in [4.78, 5) is 64.2. The fraction of sp³-hybridized carbons (Fsp3) is 0.292. The molecular weight excluding hydrogens is 570 g/mol. The molecule has 0 saturated carbocycles. The Morgan fingerprint density at radius 2 is 1.86 bits per heavy atom. The van der Waals surface area contributed by atoms with Gasteiger partial charge in [0.05, 0.1) is 11.5 Å². The summed E-state index contributed by atoms with van der Waals surface area (Å²) in [6, 6.07) is 0.624. The zero-order valence-corrected chi connectivity index (χ0v) is 21.5. The van der Waals surface area contributed by atoms with Gasteiger partial charge in [0, 0.05) is 31.7 Å². The molecule has 2 aromatic rings. The van der Waals surface area contributed by atoms with Crippen molar-refractivity contribution in [2.75, 3.05) is 26.2 Å². The zero-order valence-electron chi connectivity index (χ0n) is 21.5. The third kappa shape index (κ3) is 5.66. The largest absolute Gasteiger partial charge is 0.547 e. The smallest absolute Gasteiger partial charge is 0.534 e. The molecule has 2 atom stereocenters. The number of carbonyl (C=O) groups excluding carboxylic acids is 4. The van der Waals surface area contributed by atoms with E-state index in [0.29, 0.717) is 4.90 Å². The lowest BCUT2D eigenvalue weighted by Crippen LogP contribution is -2.60. The van der Waals surface area contributed by atoms with Gasteiger partial charge in [0.2, 0.25) is 11.7 Å². The van der Waals surface area contributed by atoms with Crippen molar-refractivity contribution < 1.29 is 57.0 Å². The van der Waals surface area contributed by atoms with Crippen LogP contribution in [0.15, 0.2) is 24.3 Å². The molecule has 0 aromatic heterocycles. The number of phenols is 1. The lowest BCUT2D eigenvalue weighted by atomic mass is 9.72. The van der Waals surface area contributed by atoms with Crippen molar-refractivity contribution in [2.45, 2.75) is 18.4 Å². The molecule has 2 aromatic carbocycles. The van der Waals surface area contributed by atoms with Crippen LogP contribution in [-0.2, 0) is 20.8 Å². The molecule has 1 saturated heterocycles. The summed E-state index contributed by atoms with van der Waals surface area (Å²) in [6.45, 7) is -0.426. The second-order valence-corrected chi connectivity index (χ2v) is 9.27. The topological polar surface area (TPSA) is 212 Å². The molecule has 42 heavy (non-hydrogen) atoms. The molecule has 14 nitrogen and oxygen atoms in total. The Morgan fingerprint density at radius 1 is 1.14 bits per heavy atom. The molecule has 5 amide bonds. The minimum Gasteiger partial charge on any atom is -0.534 e. The van der Waals surface area contributed by atoms with Crippen molar-refractivity contribution in [1.82, 2.24) is 20.4 Å². The average molecular weight is 593 g/mol. The first-order chi connectivity index (χ1) is 19.8. The number of hydrogen-bond acceptors (Lipinski definition) is 9. The van der Waals surface area contributed by atoms with Crippen LogP contribution in [0.1, 0.15) is 27.5 Å². The number of urea groups is 1. The van der Waals surface area contributed by atoms with Crippen LogP contribution in [0.4, 0.5) is 18.0 Å². The molecule has 0 unspecified atom stereocenters. The van der Waals surface area contributed by atoms with Crippen molar-refractivity contribution in [3.05, 3.63) is 58.4 Å². The summed E-state index contributed by atoms with van der Waals surface area (Å²) in [5.74, 6) is -14.0. The minimum atomic E-state index is -2.27. The number of amides is 5. The first kappa shape index (κ1) is 30.1. The van der Waals surface area contributed by atoms with Crippen LogP contribution in [0.2, 0.25) is 0 Å². The van der Waals surface area contributed by atoms with Gasteiger partial charge < -0.3 is 41.2 Å². The quantitative estimate of drug-likeness (QED) is 0.131. The second-order valence-electron chi connectivity index (χ2n) is 9.27. The third-order valence-corrected chi connectivity index (χ3v) is 6.63. The maximum atomic E-state index is 14.9. The molecule has 2 heterocycles. The van der Waals surface area contributed by atoms with E-state index in [2.05, 4.69) is 5.32 Å². The van der Waals surface area contributed by atoms with E-state index in [0.717, 1.165) is 4.90 Å². The SMILES string of the molecule is NCCN1CCN(C(=O)N[C@@H](C(=O)N[C@H]2Cc3cccc(C(=O)O)c3OB2O)c2cc(F)c(O)c(F)c2F)C(=O)C1=O. The number of phenolic OH excluding ortho intramolecular Hbond substituents is 1. The van der Waals surface area contributed by atoms with Gasteiger partial charge in [-0.1, -0.05) is 12.1 Å². The van der Waals surface area contributed by atoms with Gasteiger partial charge in [-0.2, -0.15) is 4.39 Å². The maximum absolute atomic E-state index is 14.9. The molecular formula is C24H23BF3N5O9. The van der Waals surface area contributed by atoms with E-state index >= 15 is 0 Å². The lowest BCUT2D eigenvalue weighted by Gasteiger charge is -2.33. The number of hydrogen-bond donors (Lipinski definition) is 6. The Labute approximate surface area is 235 Å². The molecule has 0 spiro atoms. The molecule has 0 radical (unpaired) electrons. The van der Waals surface area contributed by atoms with Gasteiger partial charge in [-0.15, -0.1) is 0 Å². The normalized spacial score (nSPS) is 17.4. The first-order valence-corrected chi connectivity index (χ1v) is 12.3. The van der Waals surface area contributed by atoms with E-state index < -0.39 is 77.6 Å². The van der Waals surface area contributed by atoms with Crippen LogP contribution in [0.3, 0.4) is 0 Å². The van der Waals surface area contributed by atoms with Crippen molar-refractivity contribution in [3.8, 4) is 11.5 Å². The van der Waals surface area contributed by atoms with E-state index in [4.69, 9.17) is 10.4 Å². The molecule has 1 fully saturated rings. The van der Waals surface area contributed by atoms with E-state index in [9.17, 15) is 52.4 Å². The highest BCUT2D eigenvalue weighted by Crippen LogP contribution is 2.32. The highest BCUT2D eigenvalue weighted by atomic mass is 19.2. The number of para-hydroxylation sites is 1. The molecule has 4 rings (SSSR count). The number of carboxylic acids is 1. The number of aromatic hydroxyl groups is 1. The Hall–Kier alpha value is -4.84. The summed E-state index contributed by atoms with van der Waals surface area (Å²) < 4.78 is 48.6. The summed E-state index contributed by atoms with van der Waals surface area (Å²) >= 11 is 0. The number of fused-ring (bicyclic) bond motifs is 1. The van der Waals surface area contributed by atoms with Gasteiger partial charge in [-0.3, -0.25) is 19.3 Å². The number of nitrogens with zero attached hydrogens (tertiary/aromatic N) is 2. The molecule has 7 N–H and O–H groups in total. The molecule has 18 heteroatoms. The van der Waals surface area contributed by atoms with Crippen LogP contribution in [0.25, 0.3) is 0 Å². The molecule has 222 valence electrons. The van der Waals surface area contributed by atoms with Crippen LogP contribution < -0.4 is 21.0 Å². The third-order valence-electron chi connectivity index (χ3n) is 6.63. The fourth-order valence-electron chi connectivity index (χ4n) is 4.52. The number of nitrogens with two attached hydrogens (primary N) is 1. The van der Waals surface area contributed by atoms with Crippen LogP contribution >= 0.6 is 0 Å².